The van der Waals surface area contributed by atoms with Gasteiger partial charge in [0.2, 0.25) is 10.0 Å². The number of aryl methyl sites for hydroxylation is 1. The van der Waals surface area contributed by atoms with E-state index in [-0.39, 0.29) is 17.6 Å². The Hall–Kier alpha value is -2.02. The first-order chi connectivity index (χ1) is 13.9. The van der Waals surface area contributed by atoms with Crippen LogP contribution in [-0.2, 0) is 26.2 Å². The number of hydrogen-bond acceptors (Lipinski definition) is 7. The molecule has 0 saturated carbocycles. The molecule has 1 aromatic heterocycles. The molecular weight excluding hydrogens is 496 g/mol. The summed E-state index contributed by atoms with van der Waals surface area (Å²) in [4.78, 5) is 29.9. The van der Waals surface area contributed by atoms with E-state index in [1.54, 1.807) is 18.2 Å². The summed E-state index contributed by atoms with van der Waals surface area (Å²) < 4.78 is 31.5. The first-order valence-corrected chi connectivity index (χ1v) is 12.4. The Balaban J connectivity index is 2.53. The van der Waals surface area contributed by atoms with Gasteiger partial charge in [-0.05, 0) is 46.5 Å². The molecular formula is C18H23BrN4O5S2. The summed E-state index contributed by atoms with van der Waals surface area (Å²) >= 11 is 4.39. The second-order valence-electron chi connectivity index (χ2n) is 6.99. The lowest BCUT2D eigenvalue weighted by atomic mass is 10.2. The van der Waals surface area contributed by atoms with E-state index in [4.69, 9.17) is 10.5 Å². The minimum absolute atomic E-state index is 0.0842. The molecule has 2 aromatic rings. The van der Waals surface area contributed by atoms with Crippen LogP contribution >= 0.6 is 27.3 Å². The number of hydrogen-bond donors (Lipinski definition) is 2. The third kappa shape index (κ3) is 6.49. The fraction of sp³-hybridized carbons (Fsp3) is 0.389. The second kappa shape index (κ2) is 9.86. The van der Waals surface area contributed by atoms with Gasteiger partial charge in [-0.1, -0.05) is 31.3 Å². The number of amides is 2. The average Bonchev–Trinajstić information content (AvgIpc) is 2.99. The molecule has 0 spiro atoms. The maximum atomic E-state index is 12.7. The summed E-state index contributed by atoms with van der Waals surface area (Å²) in [5.74, 6) is -1.51. The molecule has 0 bridgehead atoms. The first kappa shape index (κ1) is 24.3. The molecule has 0 unspecified atom stereocenters. The number of anilines is 2. The zero-order valence-electron chi connectivity index (χ0n) is 16.9. The van der Waals surface area contributed by atoms with Gasteiger partial charge in [0, 0.05) is 0 Å². The summed E-state index contributed by atoms with van der Waals surface area (Å²) in [7, 11) is -3.44. The molecule has 1 aromatic carbocycles. The number of nitrogens with two attached hydrogens (primary N) is 1. The Morgan fingerprint density at radius 2 is 2.03 bits per heavy atom. The van der Waals surface area contributed by atoms with E-state index < -0.39 is 21.8 Å². The fourth-order valence-corrected chi connectivity index (χ4v) is 4.20. The van der Waals surface area contributed by atoms with Gasteiger partial charge in [0.15, 0.2) is 5.13 Å². The van der Waals surface area contributed by atoms with Crippen molar-refractivity contribution in [1.29, 1.82) is 0 Å². The Kier molecular flexibility index (Phi) is 7.97. The van der Waals surface area contributed by atoms with Gasteiger partial charge in [0.25, 0.3) is 0 Å². The van der Waals surface area contributed by atoms with Crippen LogP contribution in [0.1, 0.15) is 25.1 Å². The number of primary amides is 1. The molecule has 9 nitrogen and oxygen atoms in total. The lowest BCUT2D eigenvalue weighted by molar-refractivity contribution is -0.135. The Labute approximate surface area is 187 Å². The van der Waals surface area contributed by atoms with Crippen LogP contribution in [0.15, 0.2) is 22.0 Å². The fourth-order valence-electron chi connectivity index (χ4n) is 2.31. The third-order valence-corrected chi connectivity index (χ3v) is 6.16. The smallest absolute Gasteiger partial charge is 0.322 e. The first-order valence-electron chi connectivity index (χ1n) is 8.86. The Bertz CT molecular complexity index is 1050. The van der Waals surface area contributed by atoms with E-state index in [1.807, 2.05) is 20.8 Å². The van der Waals surface area contributed by atoms with Crippen LogP contribution < -0.4 is 20.1 Å². The van der Waals surface area contributed by atoms with Crippen LogP contribution in [0.25, 0.3) is 0 Å². The normalized spacial score (nSPS) is 11.5. The molecule has 30 heavy (non-hydrogen) atoms. The van der Waals surface area contributed by atoms with Crippen LogP contribution in [0.4, 0.5) is 10.8 Å². The number of aromatic nitrogens is 1. The monoisotopic (exact) mass is 518 g/mol. The molecule has 0 atom stereocenters. The van der Waals surface area contributed by atoms with Crippen LogP contribution in [0.2, 0.25) is 0 Å². The van der Waals surface area contributed by atoms with Crippen molar-refractivity contribution in [2.24, 2.45) is 11.7 Å². The van der Waals surface area contributed by atoms with Gasteiger partial charge in [-0.2, -0.15) is 0 Å². The van der Waals surface area contributed by atoms with Gasteiger partial charge < -0.3 is 10.5 Å². The molecule has 0 aliphatic heterocycles. The van der Waals surface area contributed by atoms with E-state index in [0.717, 1.165) is 28.1 Å². The van der Waals surface area contributed by atoms with Crippen LogP contribution in [0, 0.1) is 12.8 Å². The van der Waals surface area contributed by atoms with Crippen molar-refractivity contribution in [2.75, 3.05) is 17.8 Å². The summed E-state index contributed by atoms with van der Waals surface area (Å²) in [6, 6.07) is 5.18. The van der Waals surface area contributed by atoms with Gasteiger partial charge in [0.1, 0.15) is 5.75 Å². The molecule has 1 heterocycles. The number of halogens is 1. The molecule has 0 saturated heterocycles. The highest BCUT2D eigenvalue weighted by Gasteiger charge is 2.29. The van der Waals surface area contributed by atoms with Gasteiger partial charge in [0.05, 0.1) is 34.6 Å². The molecule has 164 valence electrons. The van der Waals surface area contributed by atoms with Crippen LogP contribution in [0.3, 0.4) is 0 Å². The van der Waals surface area contributed by atoms with E-state index in [1.165, 1.54) is 0 Å². The van der Waals surface area contributed by atoms with E-state index in [2.05, 4.69) is 25.6 Å². The number of rotatable bonds is 8. The molecule has 0 aliphatic carbocycles. The standard InChI is InChI=1S/C18H23BrN4O5S2/c1-10(2)9-28-14-7-11(3)5-6-13(14)23(17(25)16(20)24)18-22-12(15(19)29-18)8-21-30(4,26)27/h5-7,10,21H,8-9H2,1-4H3,(H2,20,24). The number of sulfonamides is 1. The molecule has 3 N–H and O–H groups in total. The maximum absolute atomic E-state index is 12.7. The van der Waals surface area contributed by atoms with E-state index in [9.17, 15) is 18.0 Å². The number of benzene rings is 1. The van der Waals surface area contributed by atoms with Gasteiger partial charge in [-0.25, -0.2) is 23.0 Å². The minimum Gasteiger partial charge on any atom is -0.491 e. The highest BCUT2D eigenvalue weighted by atomic mass is 79.9. The molecule has 12 heteroatoms. The predicted octanol–water partition coefficient (Wildman–Crippen LogP) is 2.45. The second-order valence-corrected chi connectivity index (χ2v) is 11.1. The average molecular weight is 519 g/mol. The van der Waals surface area contributed by atoms with Gasteiger partial charge in [-0.15, -0.1) is 0 Å². The van der Waals surface area contributed by atoms with Crippen molar-refractivity contribution >= 4 is 59.9 Å². The van der Waals surface area contributed by atoms with E-state index >= 15 is 0 Å². The van der Waals surface area contributed by atoms with Crippen LogP contribution in [-0.4, -0.2) is 38.1 Å². The minimum atomic E-state index is -3.44. The Morgan fingerprint density at radius 1 is 1.37 bits per heavy atom. The van der Waals surface area contributed by atoms with Crippen molar-refractivity contribution in [3.63, 3.8) is 0 Å². The number of nitrogens with one attached hydrogen (secondary N) is 1. The third-order valence-electron chi connectivity index (χ3n) is 3.67. The summed E-state index contributed by atoms with van der Waals surface area (Å²) in [6.45, 7) is 6.17. The van der Waals surface area contributed by atoms with Gasteiger partial charge in [-0.3, -0.25) is 9.59 Å². The van der Waals surface area contributed by atoms with Crippen LogP contribution in [0.5, 0.6) is 5.75 Å². The zero-order chi connectivity index (χ0) is 22.6. The molecule has 0 aliphatic rings. The zero-order valence-corrected chi connectivity index (χ0v) is 20.2. The number of thiazole rings is 1. The topological polar surface area (TPSA) is 132 Å². The van der Waals surface area contributed by atoms with Crippen molar-refractivity contribution in [1.82, 2.24) is 9.71 Å². The largest absolute Gasteiger partial charge is 0.491 e. The van der Waals surface area contributed by atoms with Crippen molar-refractivity contribution in [2.45, 2.75) is 27.3 Å². The van der Waals surface area contributed by atoms with E-state index in [0.29, 0.717) is 27.5 Å². The highest BCUT2D eigenvalue weighted by molar-refractivity contribution is 9.11. The SMILES string of the molecule is Cc1ccc(N(C(=O)C(N)=O)c2nc(CNS(C)(=O)=O)c(Br)s2)c(OCC(C)C)c1. The molecule has 0 fully saturated rings. The molecule has 0 radical (unpaired) electrons. The number of ether oxygens (including phenoxy) is 1. The summed E-state index contributed by atoms with van der Waals surface area (Å²) in [5.41, 5.74) is 6.86. The number of carbonyl (C=O) groups excluding carboxylic acids is 2. The quantitative estimate of drug-likeness (QED) is 0.515. The van der Waals surface area contributed by atoms with Crippen molar-refractivity contribution in [3.8, 4) is 5.75 Å². The van der Waals surface area contributed by atoms with Crippen molar-refractivity contribution in [3.05, 3.63) is 33.2 Å². The van der Waals surface area contributed by atoms with Crippen molar-refractivity contribution < 1.29 is 22.7 Å². The Morgan fingerprint density at radius 3 is 2.60 bits per heavy atom. The lowest BCUT2D eigenvalue weighted by Gasteiger charge is -2.22. The summed E-state index contributed by atoms with van der Waals surface area (Å²) in [5, 5.41) is 0.147. The lowest BCUT2D eigenvalue weighted by Crippen LogP contribution is -2.37. The predicted molar refractivity (Wildman–Crippen MR) is 119 cm³/mol. The number of nitrogens with zero attached hydrogens (tertiary/aromatic N) is 2. The molecule has 2 amide bonds. The maximum Gasteiger partial charge on any atom is 0.322 e. The number of carbonyl (C=O) groups is 2. The molecule has 2 rings (SSSR count). The highest BCUT2D eigenvalue weighted by Crippen LogP contribution is 2.39. The van der Waals surface area contributed by atoms with Gasteiger partial charge >= 0.3 is 11.8 Å². The summed E-state index contributed by atoms with van der Waals surface area (Å²) in [6.07, 6.45) is 1.03.